The summed E-state index contributed by atoms with van der Waals surface area (Å²) < 4.78 is 1.94. The third kappa shape index (κ3) is 3.36. The van der Waals surface area contributed by atoms with Gasteiger partial charge in [-0.1, -0.05) is 18.2 Å². The molecule has 3 aromatic heterocycles. The normalized spacial score (nSPS) is 11.0. The van der Waals surface area contributed by atoms with Crippen molar-refractivity contribution in [3.63, 3.8) is 0 Å². The van der Waals surface area contributed by atoms with Crippen LogP contribution in [0.5, 0.6) is 0 Å². The van der Waals surface area contributed by atoms with Crippen molar-refractivity contribution in [2.75, 3.05) is 14.1 Å². The minimum atomic E-state index is -0.00774. The van der Waals surface area contributed by atoms with Crippen LogP contribution in [0.15, 0.2) is 60.9 Å². The Hall–Kier alpha value is -3.54. The van der Waals surface area contributed by atoms with E-state index in [1.54, 1.807) is 31.4 Å². The molecule has 0 spiro atoms. The molecule has 0 bridgehead atoms. The minimum absolute atomic E-state index is 0.00774. The van der Waals surface area contributed by atoms with Crippen molar-refractivity contribution >= 4 is 16.8 Å². The monoisotopic (exact) mass is 371 g/mol. The molecule has 1 amide bonds. The molecular formula is C22H21N5O. The van der Waals surface area contributed by atoms with Crippen LogP contribution in [-0.2, 0) is 13.5 Å². The Morgan fingerprint density at radius 3 is 2.61 bits per heavy atom. The molecule has 0 aliphatic heterocycles. The fourth-order valence-electron chi connectivity index (χ4n) is 3.24. The summed E-state index contributed by atoms with van der Waals surface area (Å²) in [5.41, 5.74) is 4.42. The summed E-state index contributed by atoms with van der Waals surface area (Å²) in [5, 5.41) is 1.04. The van der Waals surface area contributed by atoms with Crippen LogP contribution in [0.25, 0.3) is 22.3 Å². The van der Waals surface area contributed by atoms with Crippen molar-refractivity contribution in [2.45, 2.75) is 6.42 Å². The molecule has 0 atom stereocenters. The molecule has 140 valence electrons. The van der Waals surface area contributed by atoms with Crippen LogP contribution in [0.1, 0.15) is 21.9 Å². The largest absolute Gasteiger partial charge is 0.343 e. The zero-order valence-electron chi connectivity index (χ0n) is 16.1. The zero-order chi connectivity index (χ0) is 19.7. The maximum absolute atomic E-state index is 12.4. The predicted octanol–water partition coefficient (Wildman–Crippen LogP) is 3.32. The summed E-state index contributed by atoms with van der Waals surface area (Å²) in [6.07, 6.45) is 4.13. The number of aromatic nitrogens is 4. The molecule has 0 aliphatic carbocycles. The van der Waals surface area contributed by atoms with Gasteiger partial charge in [-0.05, 0) is 35.9 Å². The van der Waals surface area contributed by atoms with Crippen molar-refractivity contribution in [3.8, 4) is 11.4 Å². The third-order valence-electron chi connectivity index (χ3n) is 4.73. The maximum atomic E-state index is 12.4. The Morgan fingerprint density at radius 1 is 1.00 bits per heavy atom. The quantitative estimate of drug-likeness (QED) is 0.552. The Bertz CT molecular complexity index is 1150. The van der Waals surface area contributed by atoms with Gasteiger partial charge in [-0.15, -0.1) is 0 Å². The Balaban J connectivity index is 1.65. The predicted molar refractivity (Wildman–Crippen MR) is 109 cm³/mol. The summed E-state index contributed by atoms with van der Waals surface area (Å²) in [7, 11) is 5.44. The molecule has 0 fully saturated rings. The first kappa shape index (κ1) is 17.9. The van der Waals surface area contributed by atoms with E-state index in [1.807, 2.05) is 48.0 Å². The van der Waals surface area contributed by atoms with Gasteiger partial charge in [0, 0.05) is 50.9 Å². The summed E-state index contributed by atoms with van der Waals surface area (Å²) in [6, 6.07) is 15.8. The lowest BCUT2D eigenvalue weighted by molar-refractivity contribution is 0.0819. The SMILES string of the molecule is CN(C)C(=O)c1cc2ccc(Cc3nccc(-c4ccccn4)n3)cc2n1C. The summed E-state index contributed by atoms with van der Waals surface area (Å²) >= 11 is 0. The molecule has 0 radical (unpaired) electrons. The fraction of sp³-hybridized carbons (Fsp3) is 0.182. The first-order chi connectivity index (χ1) is 13.5. The van der Waals surface area contributed by atoms with Crippen LogP contribution in [-0.4, -0.2) is 44.4 Å². The van der Waals surface area contributed by atoms with Crippen molar-refractivity contribution < 1.29 is 4.79 Å². The van der Waals surface area contributed by atoms with E-state index in [0.29, 0.717) is 12.1 Å². The van der Waals surface area contributed by atoms with Gasteiger partial charge in [0.15, 0.2) is 0 Å². The number of hydrogen-bond acceptors (Lipinski definition) is 4. The number of hydrogen-bond donors (Lipinski definition) is 0. The number of fused-ring (bicyclic) bond motifs is 1. The second-order valence-electron chi connectivity index (χ2n) is 6.93. The lowest BCUT2D eigenvalue weighted by atomic mass is 10.1. The van der Waals surface area contributed by atoms with Gasteiger partial charge in [0.05, 0.1) is 11.4 Å². The molecule has 4 rings (SSSR count). The molecule has 0 saturated heterocycles. The number of carbonyl (C=O) groups is 1. The molecule has 0 N–H and O–H groups in total. The van der Waals surface area contributed by atoms with Crippen LogP contribution >= 0.6 is 0 Å². The number of pyridine rings is 1. The first-order valence-electron chi connectivity index (χ1n) is 9.06. The van der Waals surface area contributed by atoms with Gasteiger partial charge >= 0.3 is 0 Å². The second kappa shape index (κ2) is 7.23. The fourth-order valence-corrected chi connectivity index (χ4v) is 3.24. The average molecular weight is 371 g/mol. The molecular weight excluding hydrogens is 350 g/mol. The summed E-state index contributed by atoms with van der Waals surface area (Å²) in [4.78, 5) is 27.4. The molecule has 6 heteroatoms. The lowest BCUT2D eigenvalue weighted by Gasteiger charge is -2.11. The minimum Gasteiger partial charge on any atom is -0.343 e. The van der Waals surface area contributed by atoms with Crippen LogP contribution < -0.4 is 0 Å². The van der Waals surface area contributed by atoms with E-state index in [0.717, 1.165) is 33.7 Å². The van der Waals surface area contributed by atoms with Gasteiger partial charge < -0.3 is 9.47 Å². The highest BCUT2D eigenvalue weighted by atomic mass is 16.2. The molecule has 4 aromatic rings. The van der Waals surface area contributed by atoms with Gasteiger partial charge in [-0.25, -0.2) is 9.97 Å². The van der Waals surface area contributed by atoms with Crippen LogP contribution in [0.2, 0.25) is 0 Å². The van der Waals surface area contributed by atoms with Gasteiger partial charge in [0.1, 0.15) is 11.5 Å². The van der Waals surface area contributed by atoms with E-state index in [1.165, 1.54) is 0 Å². The van der Waals surface area contributed by atoms with E-state index in [2.05, 4.69) is 27.1 Å². The third-order valence-corrected chi connectivity index (χ3v) is 4.73. The highest BCUT2D eigenvalue weighted by molar-refractivity contribution is 5.98. The lowest BCUT2D eigenvalue weighted by Crippen LogP contribution is -2.23. The first-order valence-corrected chi connectivity index (χ1v) is 9.06. The number of nitrogens with zero attached hydrogens (tertiary/aromatic N) is 5. The summed E-state index contributed by atoms with van der Waals surface area (Å²) in [5.74, 6) is 0.730. The molecule has 6 nitrogen and oxygen atoms in total. The molecule has 0 aliphatic rings. The van der Waals surface area contributed by atoms with Gasteiger partial charge in [0.2, 0.25) is 0 Å². The van der Waals surface area contributed by atoms with Crippen molar-refractivity contribution in [3.05, 3.63) is 78.0 Å². The van der Waals surface area contributed by atoms with E-state index in [9.17, 15) is 4.79 Å². The highest BCUT2D eigenvalue weighted by Gasteiger charge is 2.15. The van der Waals surface area contributed by atoms with Crippen molar-refractivity contribution in [1.82, 2.24) is 24.4 Å². The van der Waals surface area contributed by atoms with E-state index in [-0.39, 0.29) is 5.91 Å². The standard InChI is InChI=1S/C22H21N5O/c1-26(2)22(28)20-14-16-8-7-15(12-19(16)27(20)3)13-21-24-11-9-18(25-21)17-6-4-5-10-23-17/h4-12,14H,13H2,1-3H3. The number of carbonyl (C=O) groups excluding carboxylic acids is 1. The van der Waals surface area contributed by atoms with Crippen LogP contribution in [0.4, 0.5) is 0 Å². The second-order valence-corrected chi connectivity index (χ2v) is 6.93. The van der Waals surface area contributed by atoms with Crippen LogP contribution in [0, 0.1) is 0 Å². The Kier molecular flexibility index (Phi) is 4.61. The van der Waals surface area contributed by atoms with E-state index >= 15 is 0 Å². The van der Waals surface area contributed by atoms with Crippen molar-refractivity contribution in [2.24, 2.45) is 7.05 Å². The number of amides is 1. The number of benzene rings is 1. The van der Waals surface area contributed by atoms with E-state index in [4.69, 9.17) is 0 Å². The van der Waals surface area contributed by atoms with E-state index < -0.39 is 0 Å². The maximum Gasteiger partial charge on any atom is 0.269 e. The van der Waals surface area contributed by atoms with Gasteiger partial charge in [-0.2, -0.15) is 0 Å². The Morgan fingerprint density at radius 2 is 1.86 bits per heavy atom. The molecule has 0 unspecified atom stereocenters. The van der Waals surface area contributed by atoms with Gasteiger partial charge in [0.25, 0.3) is 5.91 Å². The molecule has 1 aromatic carbocycles. The van der Waals surface area contributed by atoms with Gasteiger partial charge in [-0.3, -0.25) is 9.78 Å². The zero-order valence-corrected chi connectivity index (χ0v) is 16.1. The summed E-state index contributed by atoms with van der Waals surface area (Å²) in [6.45, 7) is 0. The van der Waals surface area contributed by atoms with Crippen LogP contribution in [0.3, 0.4) is 0 Å². The topological polar surface area (TPSA) is 63.9 Å². The molecule has 3 heterocycles. The number of aryl methyl sites for hydroxylation is 1. The smallest absolute Gasteiger partial charge is 0.269 e. The average Bonchev–Trinajstić information content (AvgIpc) is 3.04. The van der Waals surface area contributed by atoms with Crippen molar-refractivity contribution in [1.29, 1.82) is 0 Å². The highest BCUT2D eigenvalue weighted by Crippen LogP contribution is 2.22. The number of rotatable bonds is 4. The molecule has 28 heavy (non-hydrogen) atoms. The molecule has 0 saturated carbocycles. The Labute approximate surface area is 163 Å².